The first-order valence-electron chi connectivity index (χ1n) is 7.62. The number of carbonyl (C=O) groups is 2. The Morgan fingerprint density at radius 3 is 2.87 bits per heavy atom. The van der Waals surface area contributed by atoms with Crippen LogP contribution in [0.25, 0.3) is 0 Å². The number of halogens is 2. The van der Waals surface area contributed by atoms with Gasteiger partial charge in [-0.1, -0.05) is 12.1 Å². The van der Waals surface area contributed by atoms with Crippen molar-refractivity contribution in [3.05, 3.63) is 35.4 Å². The van der Waals surface area contributed by atoms with Gasteiger partial charge in [-0.05, 0) is 19.9 Å². The van der Waals surface area contributed by atoms with Gasteiger partial charge in [0.2, 0.25) is 11.8 Å². The molecule has 2 rings (SSSR count). The lowest BCUT2D eigenvalue weighted by Crippen LogP contribution is -2.56. The van der Waals surface area contributed by atoms with Crippen molar-refractivity contribution in [2.45, 2.75) is 38.9 Å². The van der Waals surface area contributed by atoms with E-state index in [1.165, 1.54) is 12.1 Å². The van der Waals surface area contributed by atoms with Gasteiger partial charge in [-0.15, -0.1) is 0 Å². The van der Waals surface area contributed by atoms with Crippen LogP contribution < -0.4 is 10.6 Å². The van der Waals surface area contributed by atoms with E-state index >= 15 is 0 Å². The molecule has 7 heteroatoms. The molecule has 0 aliphatic carbocycles. The van der Waals surface area contributed by atoms with E-state index in [4.69, 9.17) is 0 Å². The maximum Gasteiger partial charge on any atom is 0.237 e. The van der Waals surface area contributed by atoms with E-state index in [1.807, 2.05) is 13.8 Å². The molecule has 0 saturated carbocycles. The molecule has 1 aromatic carbocycles. The van der Waals surface area contributed by atoms with Crippen LogP contribution in [0.3, 0.4) is 0 Å². The monoisotopic (exact) mass is 325 g/mol. The minimum atomic E-state index is -0.918. The molecule has 126 valence electrons. The van der Waals surface area contributed by atoms with Crippen LogP contribution in [0.1, 0.15) is 25.8 Å². The van der Waals surface area contributed by atoms with E-state index in [-0.39, 0.29) is 36.4 Å². The fourth-order valence-electron chi connectivity index (χ4n) is 2.62. The van der Waals surface area contributed by atoms with Gasteiger partial charge < -0.3 is 10.6 Å². The number of hydrogen-bond acceptors (Lipinski definition) is 3. The van der Waals surface area contributed by atoms with Crippen molar-refractivity contribution in [3.8, 4) is 0 Å². The quantitative estimate of drug-likeness (QED) is 0.855. The Labute approximate surface area is 134 Å². The fourth-order valence-corrected chi connectivity index (χ4v) is 2.62. The smallest absolute Gasteiger partial charge is 0.237 e. The molecule has 1 aliphatic rings. The SMILES string of the molecule is CC(C)NC(=O)C[C@@H]1C(=O)NCCN1Cc1cccc(F)c1F. The second-order valence-corrected chi connectivity index (χ2v) is 5.92. The summed E-state index contributed by atoms with van der Waals surface area (Å²) in [5, 5.41) is 5.44. The van der Waals surface area contributed by atoms with Crippen molar-refractivity contribution >= 4 is 11.8 Å². The molecule has 1 aliphatic heterocycles. The highest BCUT2D eigenvalue weighted by Crippen LogP contribution is 2.18. The fraction of sp³-hybridized carbons (Fsp3) is 0.500. The summed E-state index contributed by atoms with van der Waals surface area (Å²) in [4.78, 5) is 25.7. The van der Waals surface area contributed by atoms with E-state index in [2.05, 4.69) is 10.6 Å². The van der Waals surface area contributed by atoms with Gasteiger partial charge in [0.1, 0.15) is 0 Å². The van der Waals surface area contributed by atoms with Gasteiger partial charge in [0.15, 0.2) is 11.6 Å². The van der Waals surface area contributed by atoms with Crippen molar-refractivity contribution in [1.29, 1.82) is 0 Å². The highest BCUT2D eigenvalue weighted by molar-refractivity contribution is 5.88. The maximum absolute atomic E-state index is 13.8. The van der Waals surface area contributed by atoms with Crippen molar-refractivity contribution in [1.82, 2.24) is 15.5 Å². The second kappa shape index (κ2) is 7.50. The minimum absolute atomic E-state index is 0.0129. The molecule has 1 saturated heterocycles. The molecule has 2 amide bonds. The number of nitrogens with zero attached hydrogens (tertiary/aromatic N) is 1. The largest absolute Gasteiger partial charge is 0.354 e. The van der Waals surface area contributed by atoms with Crippen molar-refractivity contribution in [3.63, 3.8) is 0 Å². The normalized spacial score (nSPS) is 18.8. The first-order valence-corrected chi connectivity index (χ1v) is 7.62. The predicted molar refractivity (Wildman–Crippen MR) is 81.5 cm³/mol. The van der Waals surface area contributed by atoms with Gasteiger partial charge in [-0.2, -0.15) is 0 Å². The molecule has 1 fully saturated rings. The Bertz CT molecular complexity index is 593. The van der Waals surface area contributed by atoms with Crippen molar-refractivity contribution in [2.24, 2.45) is 0 Å². The molecule has 1 heterocycles. The van der Waals surface area contributed by atoms with E-state index in [9.17, 15) is 18.4 Å². The molecule has 23 heavy (non-hydrogen) atoms. The number of amides is 2. The zero-order valence-electron chi connectivity index (χ0n) is 13.2. The summed E-state index contributed by atoms with van der Waals surface area (Å²) in [6, 6.07) is 3.25. The van der Waals surface area contributed by atoms with Gasteiger partial charge in [0, 0.05) is 31.2 Å². The maximum atomic E-state index is 13.8. The lowest BCUT2D eigenvalue weighted by Gasteiger charge is -2.34. The zero-order chi connectivity index (χ0) is 17.0. The van der Waals surface area contributed by atoms with Gasteiger partial charge >= 0.3 is 0 Å². The Morgan fingerprint density at radius 1 is 1.43 bits per heavy atom. The topological polar surface area (TPSA) is 61.4 Å². The van der Waals surface area contributed by atoms with Gasteiger partial charge in [-0.3, -0.25) is 14.5 Å². The number of piperazine rings is 1. The van der Waals surface area contributed by atoms with E-state index in [0.29, 0.717) is 13.1 Å². The van der Waals surface area contributed by atoms with Crippen LogP contribution in [0, 0.1) is 11.6 Å². The highest BCUT2D eigenvalue weighted by Gasteiger charge is 2.32. The third kappa shape index (κ3) is 4.48. The lowest BCUT2D eigenvalue weighted by atomic mass is 10.1. The van der Waals surface area contributed by atoms with Gasteiger partial charge in [-0.25, -0.2) is 8.78 Å². The molecule has 0 spiro atoms. The summed E-state index contributed by atoms with van der Waals surface area (Å²) in [5.41, 5.74) is 0.175. The zero-order valence-corrected chi connectivity index (χ0v) is 13.2. The van der Waals surface area contributed by atoms with Gasteiger partial charge in [0.05, 0.1) is 12.5 Å². The van der Waals surface area contributed by atoms with Crippen molar-refractivity contribution in [2.75, 3.05) is 13.1 Å². The summed E-state index contributed by atoms with van der Waals surface area (Å²) in [6.07, 6.45) is -0.0129. The van der Waals surface area contributed by atoms with Crippen LogP contribution >= 0.6 is 0 Å². The molecule has 0 radical (unpaired) electrons. The van der Waals surface area contributed by atoms with E-state index in [0.717, 1.165) is 6.07 Å². The number of benzene rings is 1. The summed E-state index contributed by atoms with van der Waals surface area (Å²) in [5.74, 6) is -2.35. The summed E-state index contributed by atoms with van der Waals surface area (Å²) >= 11 is 0. The molecule has 0 bridgehead atoms. The third-order valence-corrected chi connectivity index (χ3v) is 3.68. The second-order valence-electron chi connectivity index (χ2n) is 5.92. The molecule has 0 aromatic heterocycles. The lowest BCUT2D eigenvalue weighted by molar-refractivity contribution is -0.134. The third-order valence-electron chi connectivity index (χ3n) is 3.68. The number of carbonyl (C=O) groups excluding carboxylic acids is 2. The van der Waals surface area contributed by atoms with Crippen LogP contribution in [0.5, 0.6) is 0 Å². The average molecular weight is 325 g/mol. The first-order chi connectivity index (χ1) is 10.9. The summed E-state index contributed by atoms with van der Waals surface area (Å²) < 4.78 is 27.2. The number of rotatable bonds is 5. The van der Waals surface area contributed by atoms with Crippen LogP contribution in [0.4, 0.5) is 8.78 Å². The molecule has 1 atom stereocenters. The average Bonchev–Trinajstić information content (AvgIpc) is 2.46. The molecule has 5 nitrogen and oxygen atoms in total. The Hall–Kier alpha value is -2.02. The van der Waals surface area contributed by atoms with Crippen LogP contribution in [-0.2, 0) is 16.1 Å². The standard InChI is InChI=1S/C16H21F2N3O2/c1-10(2)20-14(22)8-13-16(23)19-6-7-21(13)9-11-4-3-5-12(17)15(11)18/h3-5,10,13H,6-9H2,1-2H3,(H,19,23)(H,20,22)/t13-/m1/s1. The molecule has 2 N–H and O–H groups in total. The van der Waals surface area contributed by atoms with E-state index < -0.39 is 17.7 Å². The molecular formula is C16H21F2N3O2. The van der Waals surface area contributed by atoms with E-state index in [1.54, 1.807) is 4.90 Å². The van der Waals surface area contributed by atoms with Crippen LogP contribution in [0.2, 0.25) is 0 Å². The van der Waals surface area contributed by atoms with Crippen LogP contribution in [-0.4, -0.2) is 41.9 Å². The predicted octanol–water partition coefficient (Wildman–Crippen LogP) is 1.18. The van der Waals surface area contributed by atoms with Crippen molar-refractivity contribution < 1.29 is 18.4 Å². The molecule has 0 unspecified atom stereocenters. The Morgan fingerprint density at radius 2 is 2.17 bits per heavy atom. The molecule has 1 aromatic rings. The minimum Gasteiger partial charge on any atom is -0.354 e. The summed E-state index contributed by atoms with van der Waals surface area (Å²) in [6.45, 7) is 4.63. The Balaban J connectivity index is 2.12. The molecular weight excluding hydrogens is 304 g/mol. The number of hydrogen-bond donors (Lipinski definition) is 2. The summed E-state index contributed by atoms with van der Waals surface area (Å²) in [7, 11) is 0. The first kappa shape index (κ1) is 17.3. The Kier molecular flexibility index (Phi) is 5.65. The highest BCUT2D eigenvalue weighted by atomic mass is 19.2. The van der Waals surface area contributed by atoms with Gasteiger partial charge in [0.25, 0.3) is 0 Å². The van der Waals surface area contributed by atoms with Crippen LogP contribution in [0.15, 0.2) is 18.2 Å². The number of nitrogens with one attached hydrogen (secondary N) is 2.